The second kappa shape index (κ2) is 5.24. The molecule has 1 saturated heterocycles. The van der Waals surface area contributed by atoms with Crippen molar-refractivity contribution < 1.29 is 0 Å². The van der Waals surface area contributed by atoms with Gasteiger partial charge in [0.05, 0.1) is 0 Å². The van der Waals surface area contributed by atoms with Gasteiger partial charge in [-0.3, -0.25) is 4.90 Å². The zero-order valence-electron chi connectivity index (χ0n) is 12.4. The van der Waals surface area contributed by atoms with E-state index in [0.717, 1.165) is 13.1 Å². The molecular formula is C12H19N9. The van der Waals surface area contributed by atoms with E-state index in [1.54, 1.807) is 0 Å². The van der Waals surface area contributed by atoms with Crippen molar-refractivity contribution in [2.24, 2.45) is 0 Å². The lowest BCUT2D eigenvalue weighted by Crippen LogP contribution is -2.55. The first-order valence-electron chi connectivity index (χ1n) is 6.88. The van der Waals surface area contributed by atoms with Crippen LogP contribution in [0.1, 0.15) is 13.8 Å². The molecule has 1 fully saturated rings. The van der Waals surface area contributed by atoms with Crippen LogP contribution >= 0.6 is 0 Å². The summed E-state index contributed by atoms with van der Waals surface area (Å²) in [5.74, 6) is 1.15. The van der Waals surface area contributed by atoms with E-state index in [0.29, 0.717) is 24.0 Å². The van der Waals surface area contributed by atoms with Crippen molar-refractivity contribution in [3.63, 3.8) is 0 Å². The Bertz CT molecular complexity index is 599. The standard InChI is InChI=1S/C12H19N9/c1-8-4-20(5-9(2)19(8)3)11-16-10(13)17-12(18-11)21-7-14-6-15-21/h6-9H,4-5H2,1-3H3,(H2,13,16,17,18). The highest BCUT2D eigenvalue weighted by molar-refractivity contribution is 5.38. The van der Waals surface area contributed by atoms with Crippen LogP contribution in [0.15, 0.2) is 12.7 Å². The van der Waals surface area contributed by atoms with Crippen molar-refractivity contribution in [3.8, 4) is 5.95 Å². The van der Waals surface area contributed by atoms with Gasteiger partial charge in [-0.15, -0.1) is 0 Å². The highest BCUT2D eigenvalue weighted by atomic mass is 15.4. The van der Waals surface area contributed by atoms with Crippen molar-refractivity contribution in [1.82, 2.24) is 34.6 Å². The van der Waals surface area contributed by atoms with Gasteiger partial charge in [-0.25, -0.2) is 4.98 Å². The molecule has 9 heteroatoms. The van der Waals surface area contributed by atoms with Crippen LogP contribution in [-0.2, 0) is 0 Å². The molecule has 0 amide bonds. The lowest BCUT2D eigenvalue weighted by Gasteiger charge is -2.42. The summed E-state index contributed by atoms with van der Waals surface area (Å²) in [6.07, 6.45) is 2.97. The maximum atomic E-state index is 5.81. The van der Waals surface area contributed by atoms with Crippen LogP contribution < -0.4 is 10.6 Å². The number of nitrogens with two attached hydrogens (primary N) is 1. The quantitative estimate of drug-likeness (QED) is 0.794. The lowest BCUT2D eigenvalue weighted by molar-refractivity contribution is 0.169. The number of piperazine rings is 1. The summed E-state index contributed by atoms with van der Waals surface area (Å²) in [5, 5.41) is 4.03. The molecule has 3 heterocycles. The minimum atomic E-state index is 0.185. The van der Waals surface area contributed by atoms with E-state index < -0.39 is 0 Å². The summed E-state index contributed by atoms with van der Waals surface area (Å²) in [4.78, 5) is 21.2. The van der Waals surface area contributed by atoms with Crippen molar-refractivity contribution >= 4 is 11.9 Å². The van der Waals surface area contributed by atoms with E-state index in [-0.39, 0.29) is 5.95 Å². The van der Waals surface area contributed by atoms with Gasteiger partial charge in [0.15, 0.2) is 0 Å². The average Bonchev–Trinajstić information content (AvgIpc) is 2.97. The Morgan fingerprint density at radius 1 is 1.10 bits per heavy atom. The molecular weight excluding hydrogens is 270 g/mol. The van der Waals surface area contributed by atoms with Gasteiger partial charge >= 0.3 is 0 Å². The number of rotatable bonds is 2. The smallest absolute Gasteiger partial charge is 0.258 e. The van der Waals surface area contributed by atoms with Crippen LogP contribution in [0.5, 0.6) is 0 Å². The van der Waals surface area contributed by atoms with Crippen LogP contribution in [0.25, 0.3) is 5.95 Å². The molecule has 1 aliphatic heterocycles. The van der Waals surface area contributed by atoms with Crippen LogP contribution in [0.2, 0.25) is 0 Å². The van der Waals surface area contributed by atoms with Gasteiger partial charge in [0.25, 0.3) is 5.95 Å². The number of aromatic nitrogens is 6. The molecule has 0 saturated carbocycles. The molecule has 112 valence electrons. The van der Waals surface area contributed by atoms with E-state index in [9.17, 15) is 0 Å². The van der Waals surface area contributed by atoms with E-state index in [2.05, 4.69) is 55.7 Å². The molecule has 1 aliphatic rings. The van der Waals surface area contributed by atoms with Gasteiger partial charge in [0.2, 0.25) is 11.9 Å². The minimum absolute atomic E-state index is 0.185. The second-order valence-corrected chi connectivity index (χ2v) is 5.40. The summed E-state index contributed by atoms with van der Waals surface area (Å²) >= 11 is 0. The first kappa shape index (κ1) is 13.7. The summed E-state index contributed by atoms with van der Waals surface area (Å²) in [6, 6.07) is 0.836. The minimum Gasteiger partial charge on any atom is -0.368 e. The summed E-state index contributed by atoms with van der Waals surface area (Å²) in [6.45, 7) is 6.07. The Kier molecular flexibility index (Phi) is 3.42. The molecule has 21 heavy (non-hydrogen) atoms. The molecule has 0 spiro atoms. The molecule has 0 aliphatic carbocycles. The molecule has 0 bridgehead atoms. The molecule has 9 nitrogen and oxygen atoms in total. The first-order chi connectivity index (χ1) is 10.0. The Morgan fingerprint density at radius 3 is 2.38 bits per heavy atom. The Morgan fingerprint density at radius 2 is 1.76 bits per heavy atom. The third-order valence-electron chi connectivity index (χ3n) is 3.90. The van der Waals surface area contributed by atoms with E-state index >= 15 is 0 Å². The number of nitrogen functional groups attached to an aromatic ring is 1. The van der Waals surface area contributed by atoms with E-state index in [4.69, 9.17) is 5.73 Å². The fraction of sp³-hybridized carbons (Fsp3) is 0.583. The Hall–Kier alpha value is -2.29. The monoisotopic (exact) mass is 289 g/mol. The van der Waals surface area contributed by atoms with Gasteiger partial charge in [-0.05, 0) is 20.9 Å². The number of nitrogens with zero attached hydrogens (tertiary/aromatic N) is 8. The molecule has 2 aromatic heterocycles. The predicted molar refractivity (Wildman–Crippen MR) is 78.1 cm³/mol. The van der Waals surface area contributed by atoms with Gasteiger partial charge in [0.1, 0.15) is 12.7 Å². The predicted octanol–water partition coefficient (Wildman–Crippen LogP) is -0.437. The zero-order chi connectivity index (χ0) is 15.0. The lowest BCUT2D eigenvalue weighted by atomic mass is 10.1. The molecule has 2 unspecified atom stereocenters. The van der Waals surface area contributed by atoms with Gasteiger partial charge in [-0.1, -0.05) is 0 Å². The first-order valence-corrected chi connectivity index (χ1v) is 6.88. The Labute approximate surface area is 122 Å². The van der Waals surface area contributed by atoms with Crippen molar-refractivity contribution in [2.45, 2.75) is 25.9 Å². The number of likely N-dealkylation sites (N-methyl/N-ethyl adjacent to an activating group) is 1. The van der Waals surface area contributed by atoms with Crippen LogP contribution in [0.4, 0.5) is 11.9 Å². The summed E-state index contributed by atoms with van der Waals surface area (Å²) in [5.41, 5.74) is 5.81. The van der Waals surface area contributed by atoms with Crippen LogP contribution in [0.3, 0.4) is 0 Å². The summed E-state index contributed by atoms with van der Waals surface area (Å²) < 4.78 is 1.48. The SMILES string of the molecule is CC1CN(c2nc(N)nc(-n3cncn3)n2)CC(C)N1C. The maximum Gasteiger partial charge on any atom is 0.258 e. The number of hydrogen-bond acceptors (Lipinski definition) is 8. The van der Waals surface area contributed by atoms with Gasteiger partial charge < -0.3 is 10.6 Å². The fourth-order valence-electron chi connectivity index (χ4n) is 2.49. The molecule has 2 aromatic rings. The molecule has 0 radical (unpaired) electrons. The molecule has 0 aromatic carbocycles. The third kappa shape index (κ3) is 2.64. The Balaban J connectivity index is 1.92. The highest BCUT2D eigenvalue weighted by Crippen LogP contribution is 2.19. The van der Waals surface area contributed by atoms with Gasteiger partial charge in [-0.2, -0.15) is 24.7 Å². The number of hydrogen-bond donors (Lipinski definition) is 1. The second-order valence-electron chi connectivity index (χ2n) is 5.40. The van der Waals surface area contributed by atoms with Crippen LogP contribution in [0, 0.1) is 0 Å². The third-order valence-corrected chi connectivity index (χ3v) is 3.90. The highest BCUT2D eigenvalue weighted by Gasteiger charge is 2.28. The van der Waals surface area contributed by atoms with E-state index in [1.165, 1.54) is 17.3 Å². The van der Waals surface area contributed by atoms with Gasteiger partial charge in [0, 0.05) is 25.2 Å². The van der Waals surface area contributed by atoms with Crippen molar-refractivity contribution in [3.05, 3.63) is 12.7 Å². The largest absolute Gasteiger partial charge is 0.368 e. The maximum absolute atomic E-state index is 5.81. The molecule has 2 N–H and O–H groups in total. The van der Waals surface area contributed by atoms with E-state index in [1.807, 2.05) is 0 Å². The molecule has 3 rings (SSSR count). The summed E-state index contributed by atoms with van der Waals surface area (Å²) in [7, 11) is 2.13. The molecule has 2 atom stereocenters. The van der Waals surface area contributed by atoms with Crippen molar-refractivity contribution in [2.75, 3.05) is 30.8 Å². The fourth-order valence-corrected chi connectivity index (χ4v) is 2.49. The topological polar surface area (TPSA) is 102 Å². The average molecular weight is 289 g/mol. The number of anilines is 2. The normalized spacial score (nSPS) is 23.5. The van der Waals surface area contributed by atoms with Crippen molar-refractivity contribution in [1.29, 1.82) is 0 Å². The zero-order valence-corrected chi connectivity index (χ0v) is 12.4. The van der Waals surface area contributed by atoms with Crippen LogP contribution in [-0.4, -0.2) is 66.8 Å².